The second-order valence-corrected chi connectivity index (χ2v) is 11.6. The minimum Gasteiger partial charge on any atom is -0.404 e. The first-order chi connectivity index (χ1) is 12.4. The standard InChI is InChI=1S/C22H33O4P/c1-14-11-16(26-27(23,24)25)12-15-13-18-21(4)9-6-8-20(2,3)17(21)7-10-22(18,5)19(14)15/h11-12,17-18H,6-10,13H2,1-5H3,(H2,23,24,25)/t17?,18-,21-,22+/m0/s1. The highest BCUT2D eigenvalue weighted by molar-refractivity contribution is 7.46. The first-order valence-electron chi connectivity index (χ1n) is 10.3. The lowest BCUT2D eigenvalue weighted by Gasteiger charge is -2.61. The average Bonchev–Trinajstić information content (AvgIpc) is 2.79. The van der Waals surface area contributed by atoms with Crippen molar-refractivity contribution in [3.63, 3.8) is 0 Å². The number of fused-ring (bicyclic) bond motifs is 5. The van der Waals surface area contributed by atoms with Gasteiger partial charge < -0.3 is 4.52 Å². The number of phosphoric ester groups is 1. The molecule has 3 aliphatic carbocycles. The van der Waals surface area contributed by atoms with E-state index < -0.39 is 7.82 Å². The van der Waals surface area contributed by atoms with Crippen molar-refractivity contribution in [2.75, 3.05) is 0 Å². The van der Waals surface area contributed by atoms with Gasteiger partial charge in [0.2, 0.25) is 0 Å². The van der Waals surface area contributed by atoms with Gasteiger partial charge in [-0.15, -0.1) is 0 Å². The normalized spacial score (nSPS) is 37.3. The summed E-state index contributed by atoms with van der Waals surface area (Å²) >= 11 is 0. The van der Waals surface area contributed by atoms with Crippen LogP contribution in [0.4, 0.5) is 0 Å². The van der Waals surface area contributed by atoms with E-state index in [0.29, 0.717) is 22.5 Å². The molecule has 0 radical (unpaired) electrons. The highest BCUT2D eigenvalue weighted by atomic mass is 31.2. The van der Waals surface area contributed by atoms with Crippen LogP contribution < -0.4 is 4.52 Å². The molecule has 27 heavy (non-hydrogen) atoms. The van der Waals surface area contributed by atoms with Gasteiger partial charge in [-0.25, -0.2) is 4.57 Å². The van der Waals surface area contributed by atoms with Crippen LogP contribution in [0.2, 0.25) is 0 Å². The van der Waals surface area contributed by atoms with Gasteiger partial charge in [-0.3, -0.25) is 9.79 Å². The highest BCUT2D eigenvalue weighted by Crippen LogP contribution is 2.68. The van der Waals surface area contributed by atoms with Crippen molar-refractivity contribution in [3.05, 3.63) is 28.8 Å². The molecule has 2 fully saturated rings. The molecule has 0 amide bonds. The maximum atomic E-state index is 11.3. The van der Waals surface area contributed by atoms with Crippen molar-refractivity contribution in [3.8, 4) is 5.75 Å². The van der Waals surface area contributed by atoms with Crippen molar-refractivity contribution >= 4 is 7.82 Å². The molecule has 0 aromatic heterocycles. The van der Waals surface area contributed by atoms with E-state index >= 15 is 0 Å². The number of rotatable bonds is 2. The molecule has 0 saturated heterocycles. The van der Waals surface area contributed by atoms with Crippen molar-refractivity contribution in [1.29, 1.82) is 0 Å². The summed E-state index contributed by atoms with van der Waals surface area (Å²) in [6.07, 6.45) is 7.38. The molecule has 2 N–H and O–H groups in total. The second-order valence-electron chi connectivity index (χ2n) is 10.5. The predicted molar refractivity (Wildman–Crippen MR) is 107 cm³/mol. The Morgan fingerprint density at radius 1 is 1.07 bits per heavy atom. The van der Waals surface area contributed by atoms with E-state index in [2.05, 4.69) is 34.6 Å². The summed E-state index contributed by atoms with van der Waals surface area (Å²) in [4.78, 5) is 18.4. The van der Waals surface area contributed by atoms with Crippen LogP contribution in [0.25, 0.3) is 0 Å². The number of hydrogen-bond acceptors (Lipinski definition) is 2. The predicted octanol–water partition coefficient (Wildman–Crippen LogP) is 5.52. The highest BCUT2D eigenvalue weighted by Gasteiger charge is 2.61. The van der Waals surface area contributed by atoms with Crippen molar-refractivity contribution in [2.24, 2.45) is 22.7 Å². The summed E-state index contributed by atoms with van der Waals surface area (Å²) in [5.74, 6) is 1.63. The van der Waals surface area contributed by atoms with E-state index in [1.807, 2.05) is 12.1 Å². The lowest BCUT2D eigenvalue weighted by molar-refractivity contribution is -0.0983. The van der Waals surface area contributed by atoms with E-state index in [1.165, 1.54) is 43.2 Å². The van der Waals surface area contributed by atoms with Crippen LogP contribution in [0, 0.1) is 29.6 Å². The SMILES string of the molecule is Cc1cc(OP(=O)(O)O)cc2c1[C@]1(C)CCC3C(C)(C)CCC[C@]3(C)[C@@H]1C2. The van der Waals surface area contributed by atoms with Crippen molar-refractivity contribution in [1.82, 2.24) is 0 Å². The molecule has 4 atom stereocenters. The fraction of sp³-hybridized carbons (Fsp3) is 0.727. The summed E-state index contributed by atoms with van der Waals surface area (Å²) in [6.45, 7) is 11.9. The zero-order valence-corrected chi connectivity index (χ0v) is 18.1. The van der Waals surface area contributed by atoms with Gasteiger partial charge >= 0.3 is 7.82 Å². The number of hydrogen-bond donors (Lipinski definition) is 2. The number of aryl methyl sites for hydroxylation is 1. The van der Waals surface area contributed by atoms with Crippen molar-refractivity contribution in [2.45, 2.75) is 78.6 Å². The molecule has 3 aliphatic rings. The first-order valence-corrected chi connectivity index (χ1v) is 11.8. The lowest BCUT2D eigenvalue weighted by Crippen LogP contribution is -2.55. The molecule has 2 saturated carbocycles. The van der Waals surface area contributed by atoms with Crippen LogP contribution in [-0.2, 0) is 16.4 Å². The maximum Gasteiger partial charge on any atom is 0.524 e. The van der Waals surface area contributed by atoms with Crippen molar-refractivity contribution < 1.29 is 18.9 Å². The minimum absolute atomic E-state index is 0.152. The largest absolute Gasteiger partial charge is 0.524 e. The molecule has 1 aromatic carbocycles. The maximum absolute atomic E-state index is 11.3. The number of phosphoric acid groups is 1. The average molecular weight is 392 g/mol. The quantitative estimate of drug-likeness (QED) is 0.650. The van der Waals surface area contributed by atoms with Gasteiger partial charge in [0, 0.05) is 0 Å². The summed E-state index contributed by atoms with van der Waals surface area (Å²) in [6, 6.07) is 3.70. The van der Waals surface area contributed by atoms with Gasteiger partial charge in [0.05, 0.1) is 0 Å². The summed E-state index contributed by atoms with van der Waals surface area (Å²) in [7, 11) is -4.54. The van der Waals surface area contributed by atoms with Gasteiger partial charge in [-0.05, 0) is 95.9 Å². The molecule has 4 nitrogen and oxygen atoms in total. The van der Waals surface area contributed by atoms with Crippen LogP contribution in [0.3, 0.4) is 0 Å². The second kappa shape index (κ2) is 5.84. The topological polar surface area (TPSA) is 66.8 Å². The van der Waals surface area contributed by atoms with Gasteiger partial charge in [-0.2, -0.15) is 0 Å². The Kier molecular flexibility index (Phi) is 4.22. The van der Waals surface area contributed by atoms with Gasteiger partial charge in [0.25, 0.3) is 0 Å². The molecule has 0 aliphatic heterocycles. The fourth-order valence-electron chi connectivity index (χ4n) is 7.62. The Balaban J connectivity index is 1.77. The monoisotopic (exact) mass is 392 g/mol. The third-order valence-electron chi connectivity index (χ3n) is 8.40. The Morgan fingerprint density at radius 3 is 2.44 bits per heavy atom. The molecule has 5 heteroatoms. The molecular formula is C22H33O4P. The molecule has 150 valence electrons. The molecule has 0 heterocycles. The zero-order valence-electron chi connectivity index (χ0n) is 17.2. The first kappa shape index (κ1) is 19.5. The Bertz CT molecular complexity index is 826. The Hall–Kier alpha value is -0.830. The van der Waals surface area contributed by atoms with Crippen LogP contribution in [0.5, 0.6) is 5.75 Å². The van der Waals surface area contributed by atoms with Crippen LogP contribution >= 0.6 is 7.82 Å². The van der Waals surface area contributed by atoms with Crippen LogP contribution in [0.1, 0.15) is 76.5 Å². The third kappa shape index (κ3) is 2.91. The van der Waals surface area contributed by atoms with Gasteiger partial charge in [0.1, 0.15) is 5.75 Å². The summed E-state index contributed by atoms with van der Waals surface area (Å²) in [5, 5.41) is 0. The molecule has 1 unspecified atom stereocenters. The minimum atomic E-state index is -4.54. The number of benzene rings is 1. The summed E-state index contributed by atoms with van der Waals surface area (Å²) < 4.78 is 16.2. The van der Waals surface area contributed by atoms with Gasteiger partial charge in [0.15, 0.2) is 0 Å². The van der Waals surface area contributed by atoms with E-state index in [4.69, 9.17) is 4.52 Å². The van der Waals surface area contributed by atoms with E-state index in [-0.39, 0.29) is 5.41 Å². The molecule has 0 spiro atoms. The Labute approximate surface area is 163 Å². The lowest BCUT2D eigenvalue weighted by atomic mass is 9.43. The molecule has 0 bridgehead atoms. The van der Waals surface area contributed by atoms with Gasteiger partial charge in [-0.1, -0.05) is 34.1 Å². The zero-order chi connectivity index (χ0) is 19.8. The van der Waals surface area contributed by atoms with E-state index in [1.54, 1.807) is 0 Å². The molecular weight excluding hydrogens is 359 g/mol. The molecule has 4 rings (SSSR count). The van der Waals surface area contributed by atoms with E-state index in [0.717, 1.165) is 17.9 Å². The smallest absolute Gasteiger partial charge is 0.404 e. The molecule has 1 aromatic rings. The van der Waals surface area contributed by atoms with Crippen LogP contribution in [-0.4, -0.2) is 9.79 Å². The fourth-order valence-corrected chi connectivity index (χ4v) is 8.00. The Morgan fingerprint density at radius 2 is 1.78 bits per heavy atom. The summed E-state index contributed by atoms with van der Waals surface area (Å²) in [5.41, 5.74) is 4.62. The van der Waals surface area contributed by atoms with Crippen LogP contribution in [0.15, 0.2) is 12.1 Å². The third-order valence-corrected chi connectivity index (χ3v) is 8.85. The van der Waals surface area contributed by atoms with E-state index in [9.17, 15) is 14.4 Å².